The molecular formula is C25H32F3N3O6. The summed E-state index contributed by atoms with van der Waals surface area (Å²) in [7, 11) is 1.63. The smallest absolute Gasteiger partial charge is 0.490 e. The van der Waals surface area contributed by atoms with Gasteiger partial charge in [0.2, 0.25) is 5.91 Å². The molecule has 3 rings (SSSR count). The van der Waals surface area contributed by atoms with E-state index in [9.17, 15) is 18.0 Å². The highest BCUT2D eigenvalue weighted by atomic mass is 19.4. The minimum absolute atomic E-state index is 0.0984. The predicted octanol–water partition coefficient (Wildman–Crippen LogP) is 4.18. The number of amides is 1. The van der Waals surface area contributed by atoms with Crippen LogP contribution in [0.25, 0.3) is 16.9 Å². The van der Waals surface area contributed by atoms with E-state index in [1.807, 2.05) is 36.4 Å². The number of nitrogens with one attached hydrogen (secondary N) is 1. The van der Waals surface area contributed by atoms with Crippen LogP contribution in [0.15, 0.2) is 40.9 Å². The SMILES string of the molecule is CCC(CC)O[C@@H]1C=C(c2cc(-c3ccc(OC)cc3)on2)C[C@H](N)[C@H]1NC(C)=O.O=C(O)C(F)(F)F. The number of hydrogen-bond donors (Lipinski definition) is 3. The molecule has 1 amide bonds. The van der Waals surface area contributed by atoms with Gasteiger partial charge in [0.05, 0.1) is 25.4 Å². The van der Waals surface area contributed by atoms with Crippen molar-refractivity contribution in [3.8, 4) is 17.1 Å². The topological polar surface area (TPSA) is 137 Å². The Hall–Kier alpha value is -3.38. The largest absolute Gasteiger partial charge is 0.497 e. The van der Waals surface area contributed by atoms with Crippen molar-refractivity contribution >= 4 is 17.4 Å². The Bertz CT molecular complexity index is 1060. The van der Waals surface area contributed by atoms with Crippen LogP contribution in [0.4, 0.5) is 13.2 Å². The Morgan fingerprint density at radius 1 is 1.24 bits per heavy atom. The predicted molar refractivity (Wildman–Crippen MR) is 130 cm³/mol. The number of rotatable bonds is 8. The first-order valence-corrected chi connectivity index (χ1v) is 11.7. The lowest BCUT2D eigenvalue weighted by Crippen LogP contribution is -2.56. The van der Waals surface area contributed by atoms with Crippen molar-refractivity contribution in [3.05, 3.63) is 42.1 Å². The molecule has 0 saturated carbocycles. The molecule has 0 bridgehead atoms. The summed E-state index contributed by atoms with van der Waals surface area (Å²) in [5.74, 6) is -1.42. The maximum Gasteiger partial charge on any atom is 0.490 e. The summed E-state index contributed by atoms with van der Waals surface area (Å²) in [5.41, 5.74) is 9.05. The molecule has 0 spiro atoms. The first-order chi connectivity index (χ1) is 17.4. The van der Waals surface area contributed by atoms with E-state index in [4.69, 9.17) is 29.6 Å². The molecule has 1 aromatic heterocycles. The second-order valence-electron chi connectivity index (χ2n) is 8.43. The zero-order valence-corrected chi connectivity index (χ0v) is 21.0. The van der Waals surface area contributed by atoms with Gasteiger partial charge >= 0.3 is 12.1 Å². The minimum atomic E-state index is -5.08. The molecule has 0 radical (unpaired) electrons. The minimum Gasteiger partial charge on any atom is -0.497 e. The number of benzene rings is 1. The van der Waals surface area contributed by atoms with Crippen LogP contribution in [0.2, 0.25) is 0 Å². The number of alkyl halides is 3. The molecular weight excluding hydrogens is 495 g/mol. The van der Waals surface area contributed by atoms with Crippen molar-refractivity contribution in [2.45, 2.75) is 70.5 Å². The monoisotopic (exact) mass is 527 g/mol. The molecule has 204 valence electrons. The number of hydrogen-bond acceptors (Lipinski definition) is 7. The number of carboxylic acids is 1. The standard InChI is InChI=1S/C23H31N3O4.C2HF3O2/c1-5-17(6-2)29-22-12-16(11-19(24)23(22)25-14(3)27)20-13-21(30-26-20)15-7-9-18(28-4)10-8-15;3-2(4,5)1(6)7/h7-10,12-13,17,19,22-23H,5-6,11,24H2,1-4H3,(H,25,27);(H,6,7)/t19-,22+,23+;/m0./s1. The molecule has 1 aliphatic rings. The molecule has 3 atom stereocenters. The van der Waals surface area contributed by atoms with Gasteiger partial charge < -0.3 is 30.2 Å². The van der Waals surface area contributed by atoms with Crippen molar-refractivity contribution in [2.75, 3.05) is 7.11 Å². The lowest BCUT2D eigenvalue weighted by Gasteiger charge is -2.36. The molecule has 9 nitrogen and oxygen atoms in total. The van der Waals surface area contributed by atoms with Crippen LogP contribution in [0.5, 0.6) is 5.75 Å². The fraction of sp³-hybridized carbons (Fsp3) is 0.480. The highest BCUT2D eigenvalue weighted by Gasteiger charge is 2.38. The number of ether oxygens (including phenoxy) is 2. The number of carbonyl (C=O) groups is 2. The average molecular weight is 528 g/mol. The number of carbonyl (C=O) groups excluding carboxylic acids is 1. The van der Waals surface area contributed by atoms with Gasteiger partial charge in [-0.05, 0) is 55.2 Å². The Morgan fingerprint density at radius 2 is 1.84 bits per heavy atom. The van der Waals surface area contributed by atoms with Crippen LogP contribution < -0.4 is 15.8 Å². The molecule has 4 N–H and O–H groups in total. The summed E-state index contributed by atoms with van der Waals surface area (Å²) in [4.78, 5) is 20.6. The number of nitrogens with two attached hydrogens (primary N) is 1. The van der Waals surface area contributed by atoms with E-state index < -0.39 is 12.1 Å². The maximum absolute atomic E-state index is 11.7. The average Bonchev–Trinajstić information content (AvgIpc) is 3.34. The van der Waals surface area contributed by atoms with E-state index in [1.165, 1.54) is 6.92 Å². The zero-order chi connectivity index (χ0) is 27.8. The number of aliphatic carboxylic acids is 1. The fourth-order valence-electron chi connectivity index (χ4n) is 3.75. The number of nitrogens with zero attached hydrogens (tertiary/aromatic N) is 1. The van der Waals surface area contributed by atoms with Gasteiger partial charge in [-0.2, -0.15) is 13.2 Å². The Labute approximate surface area is 212 Å². The first-order valence-electron chi connectivity index (χ1n) is 11.7. The Balaban J connectivity index is 0.000000604. The van der Waals surface area contributed by atoms with Gasteiger partial charge in [0.25, 0.3) is 0 Å². The van der Waals surface area contributed by atoms with Gasteiger partial charge in [-0.1, -0.05) is 19.0 Å². The quantitative estimate of drug-likeness (QED) is 0.465. The first kappa shape index (κ1) is 29.8. The Kier molecular flexibility index (Phi) is 10.7. The molecule has 1 aromatic carbocycles. The molecule has 0 fully saturated rings. The highest BCUT2D eigenvalue weighted by Crippen LogP contribution is 2.32. The van der Waals surface area contributed by atoms with Gasteiger partial charge in [-0.3, -0.25) is 4.79 Å². The van der Waals surface area contributed by atoms with Gasteiger partial charge in [0, 0.05) is 24.6 Å². The van der Waals surface area contributed by atoms with Gasteiger partial charge in [-0.15, -0.1) is 0 Å². The molecule has 1 aliphatic carbocycles. The summed E-state index contributed by atoms with van der Waals surface area (Å²) in [6.07, 6.45) is -0.923. The van der Waals surface area contributed by atoms with Crippen LogP contribution in [0.1, 0.15) is 45.7 Å². The summed E-state index contributed by atoms with van der Waals surface area (Å²) in [6.45, 7) is 5.68. The van der Waals surface area contributed by atoms with Crippen LogP contribution in [0, 0.1) is 0 Å². The molecule has 12 heteroatoms. The molecule has 37 heavy (non-hydrogen) atoms. The third-order valence-corrected chi connectivity index (χ3v) is 5.72. The van der Waals surface area contributed by atoms with E-state index in [2.05, 4.69) is 24.3 Å². The maximum atomic E-state index is 11.7. The van der Waals surface area contributed by atoms with Crippen LogP contribution >= 0.6 is 0 Å². The summed E-state index contributed by atoms with van der Waals surface area (Å²) >= 11 is 0. The van der Waals surface area contributed by atoms with E-state index >= 15 is 0 Å². The molecule has 1 heterocycles. The lowest BCUT2D eigenvalue weighted by molar-refractivity contribution is -0.192. The lowest BCUT2D eigenvalue weighted by atomic mass is 9.86. The number of carboxylic acid groups (broad SMARTS) is 1. The van der Waals surface area contributed by atoms with Crippen molar-refractivity contribution in [2.24, 2.45) is 5.73 Å². The molecule has 0 unspecified atom stereocenters. The van der Waals surface area contributed by atoms with Crippen LogP contribution in [-0.2, 0) is 14.3 Å². The third kappa shape index (κ3) is 8.60. The second-order valence-corrected chi connectivity index (χ2v) is 8.43. The van der Waals surface area contributed by atoms with E-state index in [-0.39, 0.29) is 30.2 Å². The fourth-order valence-corrected chi connectivity index (χ4v) is 3.75. The van der Waals surface area contributed by atoms with E-state index in [0.717, 1.165) is 35.4 Å². The molecule has 2 aromatic rings. The summed E-state index contributed by atoms with van der Waals surface area (Å²) < 4.78 is 48.8. The summed E-state index contributed by atoms with van der Waals surface area (Å²) in [6, 6.07) is 8.96. The Morgan fingerprint density at radius 3 is 2.32 bits per heavy atom. The number of aromatic nitrogens is 1. The van der Waals surface area contributed by atoms with E-state index in [0.29, 0.717) is 12.2 Å². The zero-order valence-electron chi connectivity index (χ0n) is 21.0. The van der Waals surface area contributed by atoms with Crippen LogP contribution in [0.3, 0.4) is 0 Å². The molecule has 0 saturated heterocycles. The normalized spacial score (nSPS) is 19.5. The van der Waals surface area contributed by atoms with Crippen molar-refractivity contribution in [1.82, 2.24) is 10.5 Å². The van der Waals surface area contributed by atoms with Crippen molar-refractivity contribution < 1.29 is 41.9 Å². The molecule has 0 aliphatic heterocycles. The third-order valence-electron chi connectivity index (χ3n) is 5.72. The van der Waals surface area contributed by atoms with Crippen LogP contribution in [-0.4, -0.2) is 59.7 Å². The van der Waals surface area contributed by atoms with Gasteiger partial charge in [-0.25, -0.2) is 4.79 Å². The van der Waals surface area contributed by atoms with Crippen molar-refractivity contribution in [1.29, 1.82) is 0 Å². The number of methoxy groups -OCH3 is 1. The van der Waals surface area contributed by atoms with Crippen molar-refractivity contribution in [3.63, 3.8) is 0 Å². The van der Waals surface area contributed by atoms with Gasteiger partial charge in [0.1, 0.15) is 11.4 Å². The number of halogens is 3. The highest BCUT2D eigenvalue weighted by molar-refractivity contribution is 5.75. The van der Waals surface area contributed by atoms with Gasteiger partial charge in [0.15, 0.2) is 5.76 Å². The van der Waals surface area contributed by atoms with E-state index in [1.54, 1.807) is 7.11 Å². The summed E-state index contributed by atoms with van der Waals surface area (Å²) in [5, 5.41) is 14.3. The second kappa shape index (κ2) is 13.2.